The Morgan fingerprint density at radius 1 is 1.12 bits per heavy atom. The number of carbonyl (C=O) groups excluding carboxylic acids is 1. The molecular formula is C19H19Cl2NO4. The number of halogens is 2. The Labute approximate surface area is 162 Å². The Morgan fingerprint density at radius 3 is 2.42 bits per heavy atom. The molecule has 1 amide bonds. The van der Waals surface area contributed by atoms with Crippen LogP contribution in [0.25, 0.3) is 0 Å². The lowest BCUT2D eigenvalue weighted by Crippen LogP contribution is -2.42. The fraction of sp³-hybridized carbons (Fsp3) is 0.316. The van der Waals surface area contributed by atoms with Crippen molar-refractivity contribution in [2.45, 2.75) is 6.10 Å². The highest BCUT2D eigenvalue weighted by Gasteiger charge is 2.28. The van der Waals surface area contributed by atoms with E-state index in [4.69, 9.17) is 37.4 Å². The molecule has 1 aliphatic heterocycles. The Kier molecular flexibility index (Phi) is 5.91. The van der Waals surface area contributed by atoms with Gasteiger partial charge in [0.05, 0.1) is 27.4 Å². The average Bonchev–Trinajstić information content (AvgIpc) is 2.67. The number of benzene rings is 2. The van der Waals surface area contributed by atoms with E-state index < -0.39 is 0 Å². The first kappa shape index (κ1) is 18.8. The van der Waals surface area contributed by atoms with Crippen LogP contribution in [0.4, 0.5) is 0 Å². The zero-order valence-corrected chi connectivity index (χ0v) is 16.0. The zero-order chi connectivity index (χ0) is 18.7. The van der Waals surface area contributed by atoms with Gasteiger partial charge in [-0.15, -0.1) is 0 Å². The Hall–Kier alpha value is -1.95. The molecular weight excluding hydrogens is 377 g/mol. The van der Waals surface area contributed by atoms with Crippen LogP contribution in [0.1, 0.15) is 22.0 Å². The van der Waals surface area contributed by atoms with E-state index in [0.29, 0.717) is 46.8 Å². The van der Waals surface area contributed by atoms with Crippen molar-refractivity contribution in [3.05, 3.63) is 57.6 Å². The number of morpholine rings is 1. The third-order valence-electron chi connectivity index (χ3n) is 4.26. The van der Waals surface area contributed by atoms with Crippen LogP contribution in [0.3, 0.4) is 0 Å². The van der Waals surface area contributed by atoms with Gasteiger partial charge in [-0.3, -0.25) is 4.79 Å². The van der Waals surface area contributed by atoms with Gasteiger partial charge in [0.2, 0.25) is 0 Å². The molecule has 7 heteroatoms. The summed E-state index contributed by atoms with van der Waals surface area (Å²) in [5, 5.41) is 1.09. The highest BCUT2D eigenvalue weighted by Crippen LogP contribution is 2.31. The zero-order valence-electron chi connectivity index (χ0n) is 14.5. The van der Waals surface area contributed by atoms with Gasteiger partial charge in [0, 0.05) is 33.8 Å². The molecule has 2 aromatic rings. The Balaban J connectivity index is 1.82. The van der Waals surface area contributed by atoms with E-state index in [1.54, 1.807) is 49.5 Å². The smallest absolute Gasteiger partial charge is 0.254 e. The first-order chi connectivity index (χ1) is 12.5. The first-order valence-electron chi connectivity index (χ1n) is 8.10. The van der Waals surface area contributed by atoms with E-state index in [9.17, 15) is 4.79 Å². The van der Waals surface area contributed by atoms with Gasteiger partial charge in [0.25, 0.3) is 5.91 Å². The minimum absolute atomic E-state index is 0.111. The molecule has 0 spiro atoms. The van der Waals surface area contributed by atoms with Crippen molar-refractivity contribution in [2.24, 2.45) is 0 Å². The molecule has 26 heavy (non-hydrogen) atoms. The monoisotopic (exact) mass is 395 g/mol. The predicted octanol–water partition coefficient (Wildman–Crippen LogP) is 4.22. The summed E-state index contributed by atoms with van der Waals surface area (Å²) in [5.41, 5.74) is 1.32. The van der Waals surface area contributed by atoms with Gasteiger partial charge in [-0.2, -0.15) is 0 Å². The van der Waals surface area contributed by atoms with Crippen molar-refractivity contribution >= 4 is 29.1 Å². The molecule has 0 aliphatic carbocycles. The highest BCUT2D eigenvalue weighted by atomic mass is 35.5. The number of ether oxygens (including phenoxy) is 3. The molecule has 0 saturated carbocycles. The molecule has 0 aromatic heterocycles. The molecule has 1 fully saturated rings. The Morgan fingerprint density at radius 2 is 1.81 bits per heavy atom. The minimum atomic E-state index is -0.301. The molecule has 0 N–H and O–H groups in total. The maximum Gasteiger partial charge on any atom is 0.254 e. The second-order valence-electron chi connectivity index (χ2n) is 5.88. The van der Waals surface area contributed by atoms with E-state index in [-0.39, 0.29) is 12.0 Å². The van der Waals surface area contributed by atoms with Crippen molar-refractivity contribution < 1.29 is 19.0 Å². The minimum Gasteiger partial charge on any atom is -0.497 e. The lowest BCUT2D eigenvalue weighted by Gasteiger charge is -2.33. The molecule has 0 bridgehead atoms. The summed E-state index contributed by atoms with van der Waals surface area (Å²) in [6.45, 7) is 1.33. The van der Waals surface area contributed by atoms with Gasteiger partial charge < -0.3 is 19.1 Å². The quantitative estimate of drug-likeness (QED) is 0.777. The van der Waals surface area contributed by atoms with Crippen molar-refractivity contribution in [1.82, 2.24) is 4.90 Å². The number of amides is 1. The molecule has 138 valence electrons. The van der Waals surface area contributed by atoms with E-state index in [1.165, 1.54) is 0 Å². The molecule has 1 heterocycles. The molecule has 0 radical (unpaired) electrons. The van der Waals surface area contributed by atoms with Crippen LogP contribution >= 0.6 is 23.2 Å². The highest BCUT2D eigenvalue weighted by molar-refractivity contribution is 6.35. The van der Waals surface area contributed by atoms with E-state index in [1.807, 2.05) is 6.07 Å². The third kappa shape index (κ3) is 4.06. The Bertz CT molecular complexity index is 790. The second kappa shape index (κ2) is 8.16. The topological polar surface area (TPSA) is 48.0 Å². The van der Waals surface area contributed by atoms with E-state index in [2.05, 4.69) is 0 Å². The van der Waals surface area contributed by atoms with E-state index in [0.717, 1.165) is 5.56 Å². The van der Waals surface area contributed by atoms with Gasteiger partial charge in [-0.05, 0) is 24.3 Å². The van der Waals surface area contributed by atoms with Crippen LogP contribution in [0.15, 0.2) is 36.4 Å². The van der Waals surface area contributed by atoms with Gasteiger partial charge in [-0.1, -0.05) is 29.3 Å². The van der Waals surface area contributed by atoms with Crippen molar-refractivity contribution in [3.8, 4) is 11.5 Å². The van der Waals surface area contributed by atoms with Gasteiger partial charge in [-0.25, -0.2) is 0 Å². The van der Waals surface area contributed by atoms with Crippen molar-refractivity contribution in [1.29, 1.82) is 0 Å². The second-order valence-corrected chi connectivity index (χ2v) is 6.72. The SMILES string of the molecule is COc1cc(OC)cc(C(=O)N2CCOC(c3ccc(Cl)cc3Cl)C2)c1. The maximum absolute atomic E-state index is 13.0. The summed E-state index contributed by atoms with van der Waals surface area (Å²) in [5.74, 6) is 1.03. The number of carbonyl (C=O) groups is 1. The summed E-state index contributed by atoms with van der Waals surface area (Å²) < 4.78 is 16.3. The molecule has 1 atom stereocenters. The van der Waals surface area contributed by atoms with Crippen LogP contribution in [-0.4, -0.2) is 44.7 Å². The lowest BCUT2D eigenvalue weighted by molar-refractivity contribution is -0.0227. The molecule has 1 saturated heterocycles. The molecule has 3 rings (SSSR count). The van der Waals surface area contributed by atoms with Crippen LogP contribution in [0.5, 0.6) is 11.5 Å². The number of hydrogen-bond donors (Lipinski definition) is 0. The average molecular weight is 396 g/mol. The predicted molar refractivity (Wildman–Crippen MR) is 101 cm³/mol. The maximum atomic E-state index is 13.0. The third-order valence-corrected chi connectivity index (χ3v) is 4.82. The largest absolute Gasteiger partial charge is 0.497 e. The summed E-state index contributed by atoms with van der Waals surface area (Å²) in [4.78, 5) is 14.7. The molecule has 1 unspecified atom stereocenters. The molecule has 1 aliphatic rings. The summed E-state index contributed by atoms with van der Waals surface area (Å²) >= 11 is 12.2. The normalized spacial score (nSPS) is 17.1. The standard InChI is InChI=1S/C19H19Cl2NO4/c1-24-14-7-12(8-15(10-14)25-2)19(23)22-5-6-26-18(11-22)16-4-3-13(20)9-17(16)21/h3-4,7-10,18H,5-6,11H2,1-2H3. The van der Waals surface area contributed by atoms with Crippen LogP contribution < -0.4 is 9.47 Å². The molecule has 2 aromatic carbocycles. The van der Waals surface area contributed by atoms with Gasteiger partial charge in [0.15, 0.2) is 0 Å². The fourth-order valence-electron chi connectivity index (χ4n) is 2.90. The summed E-state index contributed by atoms with van der Waals surface area (Å²) in [6, 6.07) is 10.4. The molecule has 5 nitrogen and oxygen atoms in total. The van der Waals surface area contributed by atoms with Crippen molar-refractivity contribution in [3.63, 3.8) is 0 Å². The fourth-order valence-corrected chi connectivity index (χ4v) is 3.43. The van der Waals surface area contributed by atoms with Crippen LogP contribution in [0, 0.1) is 0 Å². The summed E-state index contributed by atoms with van der Waals surface area (Å²) in [6.07, 6.45) is -0.301. The van der Waals surface area contributed by atoms with Crippen molar-refractivity contribution in [2.75, 3.05) is 33.9 Å². The van der Waals surface area contributed by atoms with Gasteiger partial charge in [0.1, 0.15) is 17.6 Å². The summed E-state index contributed by atoms with van der Waals surface area (Å²) in [7, 11) is 3.10. The van der Waals surface area contributed by atoms with Crippen LogP contribution in [0.2, 0.25) is 10.0 Å². The number of hydrogen-bond acceptors (Lipinski definition) is 4. The van der Waals surface area contributed by atoms with E-state index >= 15 is 0 Å². The van der Waals surface area contributed by atoms with Gasteiger partial charge >= 0.3 is 0 Å². The lowest BCUT2D eigenvalue weighted by atomic mass is 10.1. The number of methoxy groups -OCH3 is 2. The number of rotatable bonds is 4. The first-order valence-corrected chi connectivity index (χ1v) is 8.86. The number of nitrogens with zero attached hydrogens (tertiary/aromatic N) is 1. The van der Waals surface area contributed by atoms with Crippen LogP contribution in [-0.2, 0) is 4.74 Å².